The quantitative estimate of drug-likeness (QED) is 0.935. The fraction of sp³-hybridized carbons (Fsp3) is 0.333. The standard InChI is InChI=1S/C15H17F2N3/c1-3-15-12(6-9(2)19-20-15)14(18)7-10-4-5-11(16)8-13(10)17/h4-6,8,14H,3,7,18H2,1-2H3. The SMILES string of the molecule is CCc1nnc(C)cc1C(N)Cc1ccc(F)cc1F. The minimum absolute atomic E-state index is 0.296. The molecule has 0 radical (unpaired) electrons. The molecule has 20 heavy (non-hydrogen) atoms. The van der Waals surface area contributed by atoms with Crippen LogP contribution in [0.25, 0.3) is 0 Å². The van der Waals surface area contributed by atoms with E-state index < -0.39 is 11.6 Å². The number of aryl methyl sites for hydroxylation is 2. The van der Waals surface area contributed by atoms with E-state index in [9.17, 15) is 8.78 Å². The van der Waals surface area contributed by atoms with Gasteiger partial charge in [0.05, 0.1) is 11.4 Å². The first-order valence-corrected chi connectivity index (χ1v) is 6.54. The third-order valence-corrected chi connectivity index (χ3v) is 3.22. The van der Waals surface area contributed by atoms with E-state index in [0.29, 0.717) is 18.4 Å². The van der Waals surface area contributed by atoms with Crippen LogP contribution in [-0.4, -0.2) is 10.2 Å². The maximum atomic E-state index is 13.7. The molecule has 0 spiro atoms. The van der Waals surface area contributed by atoms with Crippen LogP contribution in [0.2, 0.25) is 0 Å². The summed E-state index contributed by atoms with van der Waals surface area (Å²) >= 11 is 0. The molecule has 0 bridgehead atoms. The van der Waals surface area contributed by atoms with E-state index in [1.807, 2.05) is 19.9 Å². The van der Waals surface area contributed by atoms with Crippen LogP contribution in [0, 0.1) is 18.6 Å². The van der Waals surface area contributed by atoms with Gasteiger partial charge < -0.3 is 5.73 Å². The number of hydrogen-bond donors (Lipinski definition) is 1. The van der Waals surface area contributed by atoms with Crippen LogP contribution >= 0.6 is 0 Å². The normalized spacial score (nSPS) is 12.4. The molecule has 3 nitrogen and oxygen atoms in total. The lowest BCUT2D eigenvalue weighted by molar-refractivity contribution is 0.561. The Bertz CT molecular complexity index is 614. The number of halogens is 2. The topological polar surface area (TPSA) is 51.8 Å². The van der Waals surface area contributed by atoms with E-state index in [1.54, 1.807) is 0 Å². The minimum atomic E-state index is -0.588. The van der Waals surface area contributed by atoms with Gasteiger partial charge in [0, 0.05) is 12.1 Å². The predicted molar refractivity (Wildman–Crippen MR) is 73.1 cm³/mol. The summed E-state index contributed by atoms with van der Waals surface area (Å²) in [6.07, 6.45) is 1.01. The molecule has 0 aliphatic rings. The zero-order valence-electron chi connectivity index (χ0n) is 11.5. The molecule has 2 rings (SSSR count). The van der Waals surface area contributed by atoms with Crippen LogP contribution in [0.3, 0.4) is 0 Å². The van der Waals surface area contributed by atoms with Crippen LogP contribution in [0.15, 0.2) is 24.3 Å². The summed E-state index contributed by atoms with van der Waals surface area (Å²) in [4.78, 5) is 0. The molecule has 2 aromatic rings. The first-order chi connectivity index (χ1) is 9.51. The van der Waals surface area contributed by atoms with Gasteiger partial charge in [0.15, 0.2) is 0 Å². The second-order valence-electron chi connectivity index (χ2n) is 4.79. The Morgan fingerprint density at radius 2 is 1.95 bits per heavy atom. The molecule has 0 saturated heterocycles. The van der Waals surface area contributed by atoms with Crippen molar-refractivity contribution in [2.45, 2.75) is 32.7 Å². The van der Waals surface area contributed by atoms with Gasteiger partial charge in [0.2, 0.25) is 0 Å². The number of nitrogens with zero attached hydrogens (tertiary/aromatic N) is 2. The van der Waals surface area contributed by atoms with E-state index in [1.165, 1.54) is 12.1 Å². The summed E-state index contributed by atoms with van der Waals surface area (Å²) in [6.45, 7) is 3.80. The van der Waals surface area contributed by atoms with E-state index >= 15 is 0 Å². The summed E-state index contributed by atoms with van der Waals surface area (Å²) < 4.78 is 26.6. The molecular formula is C15H17F2N3. The average Bonchev–Trinajstić information content (AvgIpc) is 2.41. The first kappa shape index (κ1) is 14.5. The van der Waals surface area contributed by atoms with Crippen molar-refractivity contribution in [2.24, 2.45) is 5.73 Å². The summed E-state index contributed by atoms with van der Waals surface area (Å²) in [5, 5.41) is 8.11. The van der Waals surface area contributed by atoms with Crippen molar-refractivity contribution in [3.05, 3.63) is 58.4 Å². The van der Waals surface area contributed by atoms with Crippen molar-refractivity contribution in [2.75, 3.05) is 0 Å². The monoisotopic (exact) mass is 277 g/mol. The summed E-state index contributed by atoms with van der Waals surface area (Å²) in [5.74, 6) is -1.16. The third kappa shape index (κ3) is 3.17. The Labute approximate surface area is 116 Å². The second kappa shape index (κ2) is 6.05. The molecule has 1 aromatic heterocycles. The summed E-state index contributed by atoms with van der Waals surface area (Å²) in [6, 6.07) is 5.02. The van der Waals surface area contributed by atoms with Gasteiger partial charge in [-0.25, -0.2) is 8.78 Å². The number of rotatable bonds is 4. The van der Waals surface area contributed by atoms with Gasteiger partial charge in [0.25, 0.3) is 0 Å². The van der Waals surface area contributed by atoms with Crippen LogP contribution in [-0.2, 0) is 12.8 Å². The second-order valence-corrected chi connectivity index (χ2v) is 4.79. The van der Waals surface area contributed by atoms with Crippen molar-refractivity contribution < 1.29 is 8.78 Å². The van der Waals surface area contributed by atoms with Gasteiger partial charge in [-0.3, -0.25) is 0 Å². The highest BCUT2D eigenvalue weighted by atomic mass is 19.1. The molecular weight excluding hydrogens is 260 g/mol. The molecule has 0 saturated carbocycles. The van der Waals surface area contributed by atoms with Gasteiger partial charge in [-0.1, -0.05) is 13.0 Å². The van der Waals surface area contributed by atoms with Crippen LogP contribution < -0.4 is 5.73 Å². The fourth-order valence-corrected chi connectivity index (χ4v) is 2.16. The van der Waals surface area contributed by atoms with Gasteiger partial charge in [-0.15, -0.1) is 0 Å². The van der Waals surface area contributed by atoms with Crippen molar-refractivity contribution in [1.29, 1.82) is 0 Å². The Morgan fingerprint density at radius 3 is 2.60 bits per heavy atom. The minimum Gasteiger partial charge on any atom is -0.324 e. The van der Waals surface area contributed by atoms with E-state index in [2.05, 4.69) is 10.2 Å². The Balaban J connectivity index is 2.27. The van der Waals surface area contributed by atoms with Crippen LogP contribution in [0.5, 0.6) is 0 Å². The lowest BCUT2D eigenvalue weighted by Crippen LogP contribution is -2.17. The molecule has 0 aliphatic carbocycles. The molecule has 1 aromatic carbocycles. The van der Waals surface area contributed by atoms with Gasteiger partial charge in [-0.2, -0.15) is 10.2 Å². The molecule has 1 unspecified atom stereocenters. The summed E-state index contributed by atoms with van der Waals surface area (Å²) in [5.41, 5.74) is 9.00. The van der Waals surface area contributed by atoms with Gasteiger partial charge in [-0.05, 0) is 43.0 Å². The molecule has 106 valence electrons. The van der Waals surface area contributed by atoms with Crippen LogP contribution in [0.1, 0.15) is 35.5 Å². The van der Waals surface area contributed by atoms with E-state index in [-0.39, 0.29) is 6.04 Å². The van der Waals surface area contributed by atoms with Crippen molar-refractivity contribution in [1.82, 2.24) is 10.2 Å². The molecule has 2 N–H and O–H groups in total. The maximum absolute atomic E-state index is 13.7. The van der Waals surface area contributed by atoms with E-state index in [0.717, 1.165) is 23.0 Å². The zero-order chi connectivity index (χ0) is 14.7. The Kier molecular flexibility index (Phi) is 4.39. The number of benzene rings is 1. The first-order valence-electron chi connectivity index (χ1n) is 6.54. The molecule has 1 heterocycles. The largest absolute Gasteiger partial charge is 0.324 e. The molecule has 1 atom stereocenters. The zero-order valence-corrected chi connectivity index (χ0v) is 11.5. The highest BCUT2D eigenvalue weighted by molar-refractivity contribution is 5.28. The average molecular weight is 277 g/mol. The lowest BCUT2D eigenvalue weighted by Gasteiger charge is -2.15. The summed E-state index contributed by atoms with van der Waals surface area (Å²) in [7, 11) is 0. The van der Waals surface area contributed by atoms with Gasteiger partial charge >= 0.3 is 0 Å². The van der Waals surface area contributed by atoms with Gasteiger partial charge in [0.1, 0.15) is 11.6 Å². The van der Waals surface area contributed by atoms with Crippen LogP contribution in [0.4, 0.5) is 8.78 Å². The maximum Gasteiger partial charge on any atom is 0.129 e. The molecule has 0 aliphatic heterocycles. The molecule has 0 amide bonds. The highest BCUT2D eigenvalue weighted by Crippen LogP contribution is 2.21. The molecule has 5 heteroatoms. The number of nitrogens with two attached hydrogens (primary N) is 1. The van der Waals surface area contributed by atoms with Crippen molar-refractivity contribution >= 4 is 0 Å². The van der Waals surface area contributed by atoms with E-state index in [4.69, 9.17) is 5.73 Å². The number of hydrogen-bond acceptors (Lipinski definition) is 3. The van der Waals surface area contributed by atoms with Crippen molar-refractivity contribution in [3.8, 4) is 0 Å². The Hall–Kier alpha value is -1.88. The van der Waals surface area contributed by atoms with Crippen molar-refractivity contribution in [3.63, 3.8) is 0 Å². The number of aromatic nitrogens is 2. The third-order valence-electron chi connectivity index (χ3n) is 3.22. The lowest BCUT2D eigenvalue weighted by atomic mass is 9.97. The predicted octanol–water partition coefficient (Wildman–Crippen LogP) is 2.87. The fourth-order valence-electron chi connectivity index (χ4n) is 2.16. The molecule has 0 fully saturated rings. The Morgan fingerprint density at radius 1 is 1.20 bits per heavy atom. The smallest absolute Gasteiger partial charge is 0.129 e. The highest BCUT2D eigenvalue weighted by Gasteiger charge is 2.15.